The predicted molar refractivity (Wildman–Crippen MR) is 136 cm³/mol. The molecule has 0 radical (unpaired) electrons. The molecule has 0 unspecified atom stereocenters. The number of ether oxygens (including phenoxy) is 3. The standard InChI is InChI=1S/C26H26N6O3S/c1-33-11-12-35-19-5-6-22(30-16-19)24-20(13-27)25(32-9-3-4-10-32)31-26(21(24)14-28)36-17-18-15-29-8-7-23(18)34-2/h5-8,15-16H,3-4,9-12,17H2,1-2H3. The fourth-order valence-electron chi connectivity index (χ4n) is 4.00. The van der Waals surface area contributed by atoms with Gasteiger partial charge in [-0.2, -0.15) is 10.5 Å². The first-order chi connectivity index (χ1) is 17.7. The van der Waals surface area contributed by atoms with Crippen LogP contribution in [0.1, 0.15) is 29.5 Å². The fourth-order valence-corrected chi connectivity index (χ4v) is 4.96. The van der Waals surface area contributed by atoms with E-state index in [1.165, 1.54) is 11.8 Å². The molecule has 4 rings (SSSR count). The first-order valence-electron chi connectivity index (χ1n) is 11.5. The molecule has 0 N–H and O–H groups in total. The summed E-state index contributed by atoms with van der Waals surface area (Å²) in [6.07, 6.45) is 7.07. The van der Waals surface area contributed by atoms with Crippen molar-refractivity contribution in [2.24, 2.45) is 0 Å². The second-order valence-corrected chi connectivity index (χ2v) is 8.94. The quantitative estimate of drug-likeness (QED) is 0.295. The molecule has 1 saturated heterocycles. The highest BCUT2D eigenvalue weighted by Gasteiger charge is 2.27. The molecular weight excluding hydrogens is 476 g/mol. The van der Waals surface area contributed by atoms with Crippen molar-refractivity contribution in [3.63, 3.8) is 0 Å². The van der Waals surface area contributed by atoms with Crippen molar-refractivity contribution in [3.05, 3.63) is 53.5 Å². The van der Waals surface area contributed by atoms with Crippen LogP contribution in [-0.2, 0) is 10.5 Å². The molecule has 0 aliphatic carbocycles. The van der Waals surface area contributed by atoms with Crippen LogP contribution in [0.3, 0.4) is 0 Å². The van der Waals surface area contributed by atoms with Gasteiger partial charge in [0.1, 0.15) is 46.7 Å². The van der Waals surface area contributed by atoms with Gasteiger partial charge in [0.15, 0.2) is 0 Å². The predicted octanol–water partition coefficient (Wildman–Crippen LogP) is 4.21. The molecule has 4 heterocycles. The maximum atomic E-state index is 10.2. The van der Waals surface area contributed by atoms with E-state index in [-0.39, 0.29) is 0 Å². The number of pyridine rings is 3. The van der Waals surface area contributed by atoms with E-state index in [1.54, 1.807) is 51.0 Å². The molecule has 10 heteroatoms. The summed E-state index contributed by atoms with van der Waals surface area (Å²) in [7, 11) is 3.22. The number of methoxy groups -OCH3 is 2. The van der Waals surface area contributed by atoms with Crippen molar-refractivity contribution in [2.45, 2.75) is 23.6 Å². The molecule has 3 aromatic rings. The van der Waals surface area contributed by atoms with Gasteiger partial charge in [0, 0.05) is 49.5 Å². The van der Waals surface area contributed by atoms with Gasteiger partial charge in [-0.25, -0.2) is 4.98 Å². The van der Waals surface area contributed by atoms with Crippen LogP contribution in [0.25, 0.3) is 11.3 Å². The van der Waals surface area contributed by atoms with Crippen molar-refractivity contribution in [2.75, 3.05) is 45.4 Å². The number of hydrogen-bond acceptors (Lipinski definition) is 10. The van der Waals surface area contributed by atoms with E-state index < -0.39 is 0 Å². The Morgan fingerprint density at radius 1 is 1.03 bits per heavy atom. The first-order valence-corrected chi connectivity index (χ1v) is 12.5. The van der Waals surface area contributed by atoms with Gasteiger partial charge in [-0.15, -0.1) is 11.8 Å². The van der Waals surface area contributed by atoms with Gasteiger partial charge in [0.2, 0.25) is 0 Å². The number of hydrogen-bond donors (Lipinski definition) is 0. The third-order valence-corrected chi connectivity index (χ3v) is 6.79. The maximum Gasteiger partial charge on any atom is 0.148 e. The third kappa shape index (κ3) is 5.51. The summed E-state index contributed by atoms with van der Waals surface area (Å²) in [4.78, 5) is 15.7. The molecule has 0 saturated carbocycles. The minimum absolute atomic E-state index is 0.322. The molecule has 184 valence electrons. The van der Waals surface area contributed by atoms with Crippen molar-refractivity contribution in [1.29, 1.82) is 10.5 Å². The van der Waals surface area contributed by atoms with E-state index in [9.17, 15) is 10.5 Å². The lowest BCUT2D eigenvalue weighted by atomic mass is 10.0. The van der Waals surface area contributed by atoms with Crippen LogP contribution >= 0.6 is 11.8 Å². The Morgan fingerprint density at radius 2 is 1.83 bits per heavy atom. The molecule has 3 aromatic heterocycles. The Labute approximate surface area is 214 Å². The molecule has 0 amide bonds. The van der Waals surface area contributed by atoms with Crippen LogP contribution in [0.2, 0.25) is 0 Å². The van der Waals surface area contributed by atoms with Gasteiger partial charge in [-0.3, -0.25) is 9.97 Å². The van der Waals surface area contributed by atoms with Gasteiger partial charge in [0.05, 0.1) is 31.2 Å². The van der Waals surface area contributed by atoms with Gasteiger partial charge in [0.25, 0.3) is 0 Å². The largest absolute Gasteiger partial charge is 0.496 e. The summed E-state index contributed by atoms with van der Waals surface area (Å²) >= 11 is 1.42. The van der Waals surface area contributed by atoms with Crippen LogP contribution in [0.4, 0.5) is 5.82 Å². The Morgan fingerprint density at radius 3 is 2.50 bits per heavy atom. The summed E-state index contributed by atoms with van der Waals surface area (Å²) < 4.78 is 16.1. The van der Waals surface area contributed by atoms with Gasteiger partial charge in [-0.1, -0.05) is 0 Å². The normalized spacial score (nSPS) is 12.7. The lowest BCUT2D eigenvalue weighted by molar-refractivity contribution is 0.146. The SMILES string of the molecule is COCCOc1ccc(-c2c(C#N)c(SCc3cnccc3OC)nc(N3CCCC3)c2C#N)nc1. The Kier molecular flexibility index (Phi) is 8.56. The highest BCUT2D eigenvalue weighted by atomic mass is 32.2. The van der Waals surface area contributed by atoms with E-state index in [2.05, 4.69) is 27.0 Å². The molecule has 0 atom stereocenters. The number of anilines is 1. The second-order valence-electron chi connectivity index (χ2n) is 7.98. The van der Waals surface area contributed by atoms with Gasteiger partial charge in [-0.05, 0) is 31.0 Å². The molecule has 0 bridgehead atoms. The molecule has 9 nitrogen and oxygen atoms in total. The van der Waals surface area contributed by atoms with Crippen molar-refractivity contribution >= 4 is 17.6 Å². The zero-order valence-corrected chi connectivity index (χ0v) is 21.0. The summed E-state index contributed by atoms with van der Waals surface area (Å²) in [5.74, 6) is 2.39. The van der Waals surface area contributed by atoms with E-state index in [0.717, 1.165) is 37.2 Å². The van der Waals surface area contributed by atoms with Crippen molar-refractivity contribution in [3.8, 4) is 34.9 Å². The summed E-state index contributed by atoms with van der Waals surface area (Å²) in [6, 6.07) is 9.95. The summed E-state index contributed by atoms with van der Waals surface area (Å²) in [5.41, 5.74) is 2.58. The molecular formula is C26H26N6O3S. The zero-order chi connectivity index (χ0) is 25.3. The van der Waals surface area contributed by atoms with E-state index in [0.29, 0.717) is 57.9 Å². The molecule has 0 spiro atoms. The Balaban J connectivity index is 1.78. The average Bonchev–Trinajstić information content (AvgIpc) is 3.46. The van der Waals surface area contributed by atoms with Crippen LogP contribution < -0.4 is 14.4 Å². The number of aromatic nitrogens is 3. The highest BCUT2D eigenvalue weighted by Crippen LogP contribution is 2.39. The lowest BCUT2D eigenvalue weighted by Gasteiger charge is -2.22. The minimum Gasteiger partial charge on any atom is -0.496 e. The Bertz CT molecular complexity index is 1280. The van der Waals surface area contributed by atoms with Crippen molar-refractivity contribution in [1.82, 2.24) is 15.0 Å². The molecule has 1 fully saturated rings. The van der Waals surface area contributed by atoms with E-state index in [4.69, 9.17) is 19.2 Å². The minimum atomic E-state index is 0.322. The average molecular weight is 503 g/mol. The van der Waals surface area contributed by atoms with E-state index in [1.807, 2.05) is 0 Å². The molecule has 0 aromatic carbocycles. The van der Waals surface area contributed by atoms with Gasteiger partial charge >= 0.3 is 0 Å². The number of nitriles is 2. The number of rotatable bonds is 10. The van der Waals surface area contributed by atoms with Crippen LogP contribution in [0.5, 0.6) is 11.5 Å². The van der Waals surface area contributed by atoms with E-state index >= 15 is 0 Å². The second kappa shape index (κ2) is 12.2. The summed E-state index contributed by atoms with van der Waals surface area (Å²) in [6.45, 7) is 2.49. The lowest BCUT2D eigenvalue weighted by Crippen LogP contribution is -2.21. The van der Waals surface area contributed by atoms with Crippen LogP contribution in [0.15, 0.2) is 41.8 Å². The third-order valence-electron chi connectivity index (χ3n) is 5.77. The summed E-state index contributed by atoms with van der Waals surface area (Å²) in [5, 5.41) is 20.9. The molecule has 36 heavy (non-hydrogen) atoms. The number of nitrogens with zero attached hydrogens (tertiary/aromatic N) is 6. The fraction of sp³-hybridized carbons (Fsp3) is 0.346. The first kappa shape index (κ1) is 25.2. The smallest absolute Gasteiger partial charge is 0.148 e. The Hall–Kier alpha value is -3.86. The maximum absolute atomic E-state index is 10.2. The molecule has 1 aliphatic rings. The molecule has 1 aliphatic heterocycles. The monoisotopic (exact) mass is 502 g/mol. The van der Waals surface area contributed by atoms with Gasteiger partial charge < -0.3 is 19.1 Å². The zero-order valence-electron chi connectivity index (χ0n) is 20.2. The van der Waals surface area contributed by atoms with Crippen molar-refractivity contribution < 1.29 is 14.2 Å². The topological polar surface area (TPSA) is 117 Å². The van der Waals surface area contributed by atoms with Crippen LogP contribution in [-0.4, -0.2) is 55.5 Å². The highest BCUT2D eigenvalue weighted by molar-refractivity contribution is 7.98. The van der Waals surface area contributed by atoms with Crippen LogP contribution in [0, 0.1) is 22.7 Å². The number of thioether (sulfide) groups is 1.